The molecule has 8 heteroatoms. The molecule has 1 heterocycles. The van der Waals surface area contributed by atoms with E-state index in [4.69, 9.17) is 10.2 Å². The van der Waals surface area contributed by atoms with Crippen LogP contribution >= 0.6 is 0 Å². The molecule has 0 aromatic heterocycles. The number of hydrogen-bond donors (Lipinski definition) is 2. The standard InChI is InChI=1S/C14H14F3NO4/c15-10-4-7(5-11(16)12(10)17)3-9-6-8(13(19)20)1-2-18(9)14(21)22/h4-5,8-9H,1-3,6H2,(H,19,20)(H,21,22). The lowest BCUT2D eigenvalue weighted by atomic mass is 9.88. The van der Waals surface area contributed by atoms with Gasteiger partial charge in [-0.3, -0.25) is 4.79 Å². The molecule has 2 unspecified atom stereocenters. The van der Waals surface area contributed by atoms with Crippen LogP contribution in [0.5, 0.6) is 0 Å². The Morgan fingerprint density at radius 3 is 2.27 bits per heavy atom. The van der Waals surface area contributed by atoms with E-state index in [0.717, 1.165) is 17.0 Å². The normalized spacial score (nSPS) is 21.7. The fourth-order valence-corrected chi connectivity index (χ4v) is 2.72. The molecule has 2 rings (SSSR count). The summed E-state index contributed by atoms with van der Waals surface area (Å²) in [7, 11) is 0. The molecule has 1 fully saturated rings. The SMILES string of the molecule is O=C(O)C1CCN(C(=O)O)C(Cc2cc(F)c(F)c(F)c2)C1. The van der Waals surface area contributed by atoms with Crippen molar-refractivity contribution in [2.45, 2.75) is 25.3 Å². The molecule has 0 spiro atoms. The molecule has 1 saturated heterocycles. The van der Waals surface area contributed by atoms with Crippen LogP contribution in [0, 0.1) is 23.4 Å². The minimum Gasteiger partial charge on any atom is -0.481 e. The van der Waals surface area contributed by atoms with Crippen molar-refractivity contribution in [3.8, 4) is 0 Å². The minimum absolute atomic E-state index is 0.0309. The number of benzene rings is 1. The third kappa shape index (κ3) is 3.32. The van der Waals surface area contributed by atoms with E-state index >= 15 is 0 Å². The van der Waals surface area contributed by atoms with E-state index in [1.807, 2.05) is 0 Å². The molecule has 1 amide bonds. The first-order valence-corrected chi connectivity index (χ1v) is 6.65. The number of carboxylic acids is 1. The Labute approximate surface area is 124 Å². The number of carboxylic acid groups (broad SMARTS) is 2. The van der Waals surface area contributed by atoms with Crippen LogP contribution in [-0.4, -0.2) is 39.8 Å². The van der Waals surface area contributed by atoms with Gasteiger partial charge in [0, 0.05) is 12.6 Å². The lowest BCUT2D eigenvalue weighted by molar-refractivity contribution is -0.143. The summed E-state index contributed by atoms with van der Waals surface area (Å²) in [6, 6.07) is 0.864. The van der Waals surface area contributed by atoms with Gasteiger partial charge in [-0.1, -0.05) is 0 Å². The Bertz CT molecular complexity index is 585. The van der Waals surface area contributed by atoms with Crippen molar-refractivity contribution in [2.75, 3.05) is 6.54 Å². The summed E-state index contributed by atoms with van der Waals surface area (Å²) >= 11 is 0. The smallest absolute Gasteiger partial charge is 0.407 e. The van der Waals surface area contributed by atoms with E-state index in [9.17, 15) is 22.8 Å². The molecule has 0 bridgehead atoms. The maximum atomic E-state index is 13.2. The molecule has 1 aliphatic rings. The maximum absolute atomic E-state index is 13.2. The largest absolute Gasteiger partial charge is 0.481 e. The zero-order valence-electron chi connectivity index (χ0n) is 11.4. The van der Waals surface area contributed by atoms with Gasteiger partial charge in [-0.15, -0.1) is 0 Å². The average molecular weight is 317 g/mol. The van der Waals surface area contributed by atoms with Crippen LogP contribution in [0.25, 0.3) is 0 Å². The predicted octanol–water partition coefficient (Wildman–Crippen LogP) is 2.49. The van der Waals surface area contributed by atoms with Gasteiger partial charge in [0.15, 0.2) is 17.5 Å². The molecule has 1 aliphatic heterocycles. The van der Waals surface area contributed by atoms with Crippen LogP contribution in [0.1, 0.15) is 18.4 Å². The van der Waals surface area contributed by atoms with E-state index < -0.39 is 41.5 Å². The molecule has 22 heavy (non-hydrogen) atoms. The molecular formula is C14H14F3NO4. The fourth-order valence-electron chi connectivity index (χ4n) is 2.72. The highest BCUT2D eigenvalue weighted by molar-refractivity contribution is 5.71. The Balaban J connectivity index is 2.22. The zero-order valence-corrected chi connectivity index (χ0v) is 11.4. The van der Waals surface area contributed by atoms with Gasteiger partial charge >= 0.3 is 12.1 Å². The van der Waals surface area contributed by atoms with Crippen LogP contribution in [0.4, 0.5) is 18.0 Å². The molecule has 2 N–H and O–H groups in total. The number of amides is 1. The molecule has 1 aromatic carbocycles. The molecule has 0 saturated carbocycles. The summed E-state index contributed by atoms with van der Waals surface area (Å²) in [5.74, 6) is -6.06. The monoisotopic (exact) mass is 317 g/mol. The first-order valence-electron chi connectivity index (χ1n) is 6.65. The zero-order chi connectivity index (χ0) is 16.4. The van der Waals surface area contributed by atoms with Crippen molar-refractivity contribution >= 4 is 12.1 Å². The van der Waals surface area contributed by atoms with Gasteiger partial charge in [0.05, 0.1) is 5.92 Å². The van der Waals surface area contributed by atoms with Crippen LogP contribution in [0.3, 0.4) is 0 Å². The molecule has 1 aromatic rings. The highest BCUT2D eigenvalue weighted by atomic mass is 19.2. The number of carbonyl (C=O) groups is 2. The number of aliphatic carboxylic acids is 1. The first kappa shape index (κ1) is 16.1. The average Bonchev–Trinajstić information content (AvgIpc) is 2.44. The Hall–Kier alpha value is -2.25. The quantitative estimate of drug-likeness (QED) is 0.840. The summed E-state index contributed by atoms with van der Waals surface area (Å²) in [5, 5.41) is 18.2. The summed E-state index contributed by atoms with van der Waals surface area (Å²) in [5.41, 5.74) is 0.0821. The highest BCUT2D eigenvalue weighted by Gasteiger charge is 2.34. The van der Waals surface area contributed by atoms with Crippen LogP contribution < -0.4 is 0 Å². The predicted molar refractivity (Wildman–Crippen MR) is 68.9 cm³/mol. The Kier molecular flexibility index (Phi) is 4.58. The molecule has 2 atom stereocenters. The lowest BCUT2D eigenvalue weighted by Gasteiger charge is -2.36. The second kappa shape index (κ2) is 6.25. The molecule has 5 nitrogen and oxygen atoms in total. The van der Waals surface area contributed by atoms with Crippen LogP contribution in [-0.2, 0) is 11.2 Å². The van der Waals surface area contributed by atoms with Crippen molar-refractivity contribution < 1.29 is 33.0 Å². The number of nitrogens with zero attached hydrogens (tertiary/aromatic N) is 1. The number of piperidine rings is 1. The maximum Gasteiger partial charge on any atom is 0.407 e. The van der Waals surface area contributed by atoms with Crippen molar-refractivity contribution in [1.82, 2.24) is 4.90 Å². The second-order valence-corrected chi connectivity index (χ2v) is 5.27. The number of likely N-dealkylation sites (tertiary alicyclic amines) is 1. The van der Waals surface area contributed by atoms with Crippen molar-refractivity contribution in [3.63, 3.8) is 0 Å². The second-order valence-electron chi connectivity index (χ2n) is 5.27. The Morgan fingerprint density at radius 2 is 1.77 bits per heavy atom. The van der Waals surface area contributed by atoms with Gasteiger partial charge in [0.2, 0.25) is 0 Å². The third-order valence-corrected chi connectivity index (χ3v) is 3.83. The number of hydrogen-bond acceptors (Lipinski definition) is 2. The van der Waals surface area contributed by atoms with E-state index in [-0.39, 0.29) is 31.4 Å². The molecule has 0 aliphatic carbocycles. The van der Waals surface area contributed by atoms with Gasteiger partial charge in [-0.05, 0) is 37.0 Å². The van der Waals surface area contributed by atoms with E-state index in [0.29, 0.717) is 0 Å². The van der Waals surface area contributed by atoms with Gasteiger partial charge in [-0.2, -0.15) is 0 Å². The van der Waals surface area contributed by atoms with Gasteiger partial charge in [-0.25, -0.2) is 18.0 Å². The van der Waals surface area contributed by atoms with E-state index in [1.54, 1.807) is 0 Å². The lowest BCUT2D eigenvalue weighted by Crippen LogP contribution is -2.48. The summed E-state index contributed by atoms with van der Waals surface area (Å²) in [4.78, 5) is 23.3. The van der Waals surface area contributed by atoms with Crippen LogP contribution in [0.2, 0.25) is 0 Å². The molecular weight excluding hydrogens is 303 g/mol. The van der Waals surface area contributed by atoms with Gasteiger partial charge < -0.3 is 15.1 Å². The van der Waals surface area contributed by atoms with Crippen LogP contribution in [0.15, 0.2) is 12.1 Å². The fraction of sp³-hybridized carbons (Fsp3) is 0.429. The summed E-state index contributed by atoms with van der Waals surface area (Å²) in [6.45, 7) is 0.0309. The number of halogens is 3. The third-order valence-electron chi connectivity index (χ3n) is 3.83. The van der Waals surface area contributed by atoms with Gasteiger partial charge in [0.1, 0.15) is 0 Å². The van der Waals surface area contributed by atoms with Crippen molar-refractivity contribution in [1.29, 1.82) is 0 Å². The first-order chi connectivity index (χ1) is 10.3. The molecule has 0 radical (unpaired) electrons. The molecule has 120 valence electrons. The topological polar surface area (TPSA) is 77.8 Å². The summed E-state index contributed by atoms with van der Waals surface area (Å²) in [6.07, 6.45) is -1.08. The van der Waals surface area contributed by atoms with Gasteiger partial charge in [0.25, 0.3) is 0 Å². The Morgan fingerprint density at radius 1 is 1.18 bits per heavy atom. The van der Waals surface area contributed by atoms with E-state index in [2.05, 4.69) is 0 Å². The highest BCUT2D eigenvalue weighted by Crippen LogP contribution is 2.26. The van der Waals surface area contributed by atoms with E-state index in [1.165, 1.54) is 0 Å². The van der Waals surface area contributed by atoms with Crippen molar-refractivity contribution in [2.24, 2.45) is 5.92 Å². The summed E-state index contributed by atoms with van der Waals surface area (Å²) < 4.78 is 39.4. The van der Waals surface area contributed by atoms with Crippen molar-refractivity contribution in [3.05, 3.63) is 35.1 Å². The minimum atomic E-state index is -1.59. The number of rotatable bonds is 3.